The maximum atomic E-state index is 13.0. The Morgan fingerprint density at radius 3 is 2.33 bits per heavy atom. The van der Waals surface area contributed by atoms with Crippen molar-refractivity contribution in [3.8, 4) is 28.6 Å². The first-order chi connectivity index (χ1) is 20.2. The number of nitrogens with zero attached hydrogens (tertiary/aromatic N) is 4. The van der Waals surface area contributed by atoms with Gasteiger partial charge in [-0.2, -0.15) is 5.10 Å². The molecule has 10 nitrogen and oxygen atoms in total. The molecule has 0 bridgehead atoms. The molecule has 0 aliphatic carbocycles. The Balaban J connectivity index is 1.33. The molecule has 1 saturated heterocycles. The lowest BCUT2D eigenvalue weighted by molar-refractivity contribution is 0.138. The molecule has 0 radical (unpaired) electrons. The van der Waals surface area contributed by atoms with Crippen LogP contribution in [0, 0.1) is 13.8 Å². The van der Waals surface area contributed by atoms with Crippen LogP contribution in [0.3, 0.4) is 0 Å². The number of benzene rings is 2. The van der Waals surface area contributed by atoms with Crippen LogP contribution in [0.4, 0.5) is 0 Å². The summed E-state index contributed by atoms with van der Waals surface area (Å²) in [5.74, 6) is 7.88. The van der Waals surface area contributed by atoms with Gasteiger partial charge in [-0.05, 0) is 57.4 Å². The van der Waals surface area contributed by atoms with Crippen molar-refractivity contribution in [3.63, 3.8) is 0 Å². The number of nitrogens with two attached hydrogens (primary N) is 1. The molecular weight excluding hydrogens is 534 g/mol. The average Bonchev–Trinajstić information content (AvgIpc) is 2.98. The Labute approximate surface area is 247 Å². The number of aryl methyl sites for hydroxylation is 2. The third-order valence-corrected chi connectivity index (χ3v) is 7.37. The number of aliphatic imine (C=N–C) groups is 1. The minimum absolute atomic E-state index is 0.171. The molecule has 1 aliphatic heterocycles. The maximum Gasteiger partial charge on any atom is 0.197 e. The van der Waals surface area contributed by atoms with Crippen molar-refractivity contribution >= 4 is 22.9 Å². The molecule has 0 atom stereocenters. The van der Waals surface area contributed by atoms with Gasteiger partial charge in [0.05, 0.1) is 26.5 Å². The highest BCUT2D eigenvalue weighted by Gasteiger charge is 2.18. The van der Waals surface area contributed by atoms with Crippen LogP contribution in [0.15, 0.2) is 49.6 Å². The predicted molar refractivity (Wildman–Crippen MR) is 169 cm³/mol. The summed E-state index contributed by atoms with van der Waals surface area (Å²) in [5, 5.41) is 4.29. The molecule has 0 saturated carbocycles. The summed E-state index contributed by atoms with van der Waals surface area (Å²) >= 11 is 0. The maximum absolute atomic E-state index is 13.0. The number of hydrazone groups is 1. The molecule has 2 heterocycles. The molecule has 42 heavy (non-hydrogen) atoms. The van der Waals surface area contributed by atoms with E-state index in [9.17, 15) is 4.79 Å². The Morgan fingerprint density at radius 2 is 1.71 bits per heavy atom. The highest BCUT2D eigenvalue weighted by molar-refractivity contribution is 6.31. The summed E-state index contributed by atoms with van der Waals surface area (Å²) in [6.45, 7) is 14.4. The largest absolute Gasteiger partial charge is 0.496 e. The number of ether oxygens (including phenoxy) is 3. The first kappa shape index (κ1) is 31.1. The highest BCUT2D eigenvalue weighted by atomic mass is 16.5. The summed E-state index contributed by atoms with van der Waals surface area (Å²) in [6.07, 6.45) is 2.72. The number of hydrogen-bond donors (Lipinski definition) is 1. The summed E-state index contributed by atoms with van der Waals surface area (Å²) in [7, 11) is 3.09. The average molecular weight is 578 g/mol. The van der Waals surface area contributed by atoms with Crippen LogP contribution >= 0.6 is 0 Å². The van der Waals surface area contributed by atoms with Crippen molar-refractivity contribution < 1.29 is 18.6 Å². The minimum Gasteiger partial charge on any atom is -0.496 e. The number of piperazine rings is 1. The van der Waals surface area contributed by atoms with Gasteiger partial charge in [0.25, 0.3) is 0 Å². The van der Waals surface area contributed by atoms with Gasteiger partial charge >= 0.3 is 0 Å². The van der Waals surface area contributed by atoms with Crippen LogP contribution < -0.4 is 25.5 Å². The lowest BCUT2D eigenvalue weighted by Crippen LogP contribution is -2.48. The molecular formula is C32H43N5O5. The second-order valence-corrected chi connectivity index (χ2v) is 10.9. The molecule has 1 aromatic heterocycles. The van der Waals surface area contributed by atoms with Crippen molar-refractivity contribution in [1.82, 2.24) is 9.80 Å². The van der Waals surface area contributed by atoms with Gasteiger partial charge in [0.1, 0.15) is 34.0 Å². The second kappa shape index (κ2) is 14.3. The van der Waals surface area contributed by atoms with E-state index >= 15 is 0 Å². The number of fused-ring (bicyclic) bond motifs is 1. The van der Waals surface area contributed by atoms with Crippen molar-refractivity contribution in [3.05, 3.63) is 51.7 Å². The standard InChI is InChI=1S/C32H43N5O5/c1-21(2)34-19-25(35-33)20-37-11-9-36(10-12-37)8-7-13-41-32-22(3)14-24(15-23(32)4)28-18-27(38)31-29(40-6)16-26(39-5)17-30(31)42-28/h14-19,21H,7-13,20,33H2,1-6H3/b34-19?,35-25+. The van der Waals surface area contributed by atoms with Crippen LogP contribution in [0.25, 0.3) is 22.3 Å². The van der Waals surface area contributed by atoms with Crippen molar-refractivity contribution in [2.45, 2.75) is 40.2 Å². The molecule has 226 valence electrons. The first-order valence-corrected chi connectivity index (χ1v) is 14.4. The lowest BCUT2D eigenvalue weighted by Gasteiger charge is -2.34. The van der Waals surface area contributed by atoms with Gasteiger partial charge in [-0.15, -0.1) is 0 Å². The molecule has 1 aliphatic rings. The van der Waals surface area contributed by atoms with Crippen LogP contribution in [-0.2, 0) is 0 Å². The molecule has 1 fully saturated rings. The van der Waals surface area contributed by atoms with Gasteiger partial charge in [0.2, 0.25) is 0 Å². The zero-order chi connectivity index (χ0) is 30.2. The normalized spacial score (nSPS) is 15.2. The molecule has 0 spiro atoms. The Hall–Kier alpha value is -3.89. The fourth-order valence-corrected chi connectivity index (χ4v) is 5.18. The third-order valence-electron chi connectivity index (χ3n) is 7.37. The molecule has 0 amide bonds. The van der Waals surface area contributed by atoms with E-state index in [4.69, 9.17) is 24.5 Å². The number of hydrogen-bond acceptors (Lipinski definition) is 10. The van der Waals surface area contributed by atoms with Gasteiger partial charge in [-0.25, -0.2) is 0 Å². The van der Waals surface area contributed by atoms with Crippen molar-refractivity contribution in [2.24, 2.45) is 15.9 Å². The Morgan fingerprint density at radius 1 is 1.02 bits per heavy atom. The summed E-state index contributed by atoms with van der Waals surface area (Å²) < 4.78 is 23.1. The van der Waals surface area contributed by atoms with E-state index in [0.29, 0.717) is 34.8 Å². The molecule has 4 rings (SSSR count). The van der Waals surface area contributed by atoms with E-state index in [1.165, 1.54) is 13.2 Å². The van der Waals surface area contributed by atoms with Crippen LogP contribution in [0.5, 0.6) is 17.2 Å². The highest BCUT2D eigenvalue weighted by Crippen LogP contribution is 2.34. The lowest BCUT2D eigenvalue weighted by atomic mass is 10.0. The van der Waals surface area contributed by atoms with E-state index in [1.54, 1.807) is 25.5 Å². The zero-order valence-corrected chi connectivity index (χ0v) is 25.6. The van der Waals surface area contributed by atoms with Gasteiger partial charge in [0, 0.05) is 75.3 Å². The van der Waals surface area contributed by atoms with Crippen molar-refractivity contribution in [1.29, 1.82) is 0 Å². The molecule has 10 heteroatoms. The number of methoxy groups -OCH3 is 2. The molecule has 3 aromatic rings. The van der Waals surface area contributed by atoms with E-state index in [-0.39, 0.29) is 11.5 Å². The smallest absolute Gasteiger partial charge is 0.197 e. The molecule has 2 N–H and O–H groups in total. The monoisotopic (exact) mass is 577 g/mol. The van der Waals surface area contributed by atoms with Crippen LogP contribution in [-0.4, -0.2) is 87.9 Å². The molecule has 0 unspecified atom stereocenters. The summed E-state index contributed by atoms with van der Waals surface area (Å²) in [6, 6.07) is 9.11. The summed E-state index contributed by atoms with van der Waals surface area (Å²) in [4.78, 5) is 22.2. The van der Waals surface area contributed by atoms with Crippen molar-refractivity contribution in [2.75, 3.05) is 60.1 Å². The zero-order valence-electron chi connectivity index (χ0n) is 25.6. The van der Waals surface area contributed by atoms with E-state index in [1.807, 2.05) is 39.8 Å². The minimum atomic E-state index is -0.171. The Kier molecular flexibility index (Phi) is 10.6. The predicted octanol–water partition coefficient (Wildman–Crippen LogP) is 4.27. The topological polar surface area (TPSA) is 115 Å². The molecule has 2 aromatic carbocycles. The number of rotatable bonds is 12. The Bertz CT molecular complexity index is 1470. The van der Waals surface area contributed by atoms with E-state index < -0.39 is 0 Å². The summed E-state index contributed by atoms with van der Waals surface area (Å²) in [5.41, 5.74) is 3.85. The van der Waals surface area contributed by atoms with Crippen LogP contribution in [0.1, 0.15) is 31.4 Å². The SMILES string of the molecule is COc1cc(OC)c2c(=O)cc(-c3cc(C)c(OCCCN4CCN(C/C(C=NC(C)C)=N/N)CC4)c(C)c3)oc2c1. The fraction of sp³-hybridized carbons (Fsp3) is 0.469. The second-order valence-electron chi connectivity index (χ2n) is 10.9. The van der Waals surface area contributed by atoms with E-state index in [0.717, 1.165) is 73.8 Å². The fourth-order valence-electron chi connectivity index (χ4n) is 5.18. The van der Waals surface area contributed by atoms with Gasteiger partial charge < -0.3 is 29.4 Å². The first-order valence-electron chi connectivity index (χ1n) is 14.4. The van der Waals surface area contributed by atoms with Gasteiger partial charge in [0.15, 0.2) is 5.43 Å². The van der Waals surface area contributed by atoms with Gasteiger partial charge in [-0.1, -0.05) is 0 Å². The third kappa shape index (κ3) is 7.68. The van der Waals surface area contributed by atoms with Gasteiger partial charge in [-0.3, -0.25) is 14.7 Å². The van der Waals surface area contributed by atoms with Crippen LogP contribution in [0.2, 0.25) is 0 Å². The quantitative estimate of drug-likeness (QED) is 0.147. The van der Waals surface area contributed by atoms with E-state index in [2.05, 4.69) is 19.9 Å².